The molecule has 1 aromatic carbocycles. The van der Waals surface area contributed by atoms with Gasteiger partial charge in [0.05, 0.1) is 13.2 Å². The maximum atomic E-state index is 12.4. The van der Waals surface area contributed by atoms with E-state index in [1.807, 2.05) is 31.2 Å². The number of para-hydroxylation sites is 1. The van der Waals surface area contributed by atoms with Crippen LogP contribution in [0.5, 0.6) is 5.75 Å². The van der Waals surface area contributed by atoms with Crippen molar-refractivity contribution in [3.8, 4) is 5.75 Å². The summed E-state index contributed by atoms with van der Waals surface area (Å²) in [7, 11) is 3.33. The lowest BCUT2D eigenvalue weighted by molar-refractivity contribution is 0.0734. The summed E-state index contributed by atoms with van der Waals surface area (Å²) in [5.41, 5.74) is 1.18. The third kappa shape index (κ3) is 3.31. The van der Waals surface area contributed by atoms with E-state index in [-0.39, 0.29) is 22.8 Å². The SMILES string of the molecule is COc1ccccc1C(C)N(C)C(=O)c1ccc(Cl)nn1. The Labute approximate surface area is 128 Å². The Bertz CT molecular complexity index is 631. The molecule has 0 aliphatic rings. The van der Waals surface area contributed by atoms with Crippen molar-refractivity contribution >= 4 is 17.5 Å². The second-order valence-corrected chi connectivity index (χ2v) is 4.96. The number of nitrogens with zero attached hydrogens (tertiary/aromatic N) is 3. The van der Waals surface area contributed by atoms with Crippen LogP contribution in [0.15, 0.2) is 36.4 Å². The van der Waals surface area contributed by atoms with E-state index < -0.39 is 0 Å². The summed E-state index contributed by atoms with van der Waals surface area (Å²) >= 11 is 5.68. The molecular weight excluding hydrogens is 290 g/mol. The average molecular weight is 306 g/mol. The predicted molar refractivity (Wildman–Crippen MR) is 80.5 cm³/mol. The summed E-state index contributed by atoms with van der Waals surface area (Å²) in [5, 5.41) is 7.76. The standard InChI is InChI=1S/C15H16ClN3O2/c1-10(11-6-4-5-7-13(11)21-3)19(2)15(20)12-8-9-14(16)18-17-12/h4-10H,1-3H3. The molecule has 1 unspecified atom stereocenters. The van der Waals surface area contributed by atoms with Crippen LogP contribution < -0.4 is 4.74 Å². The van der Waals surface area contributed by atoms with Crippen molar-refractivity contribution in [2.24, 2.45) is 0 Å². The largest absolute Gasteiger partial charge is 0.496 e. The van der Waals surface area contributed by atoms with Gasteiger partial charge in [0.2, 0.25) is 0 Å². The van der Waals surface area contributed by atoms with Gasteiger partial charge in [-0.25, -0.2) is 0 Å². The number of carbonyl (C=O) groups excluding carboxylic acids is 1. The van der Waals surface area contributed by atoms with Gasteiger partial charge < -0.3 is 9.64 Å². The third-order valence-electron chi connectivity index (χ3n) is 3.34. The molecule has 0 saturated heterocycles. The average Bonchev–Trinajstić information content (AvgIpc) is 2.53. The fraction of sp³-hybridized carbons (Fsp3) is 0.267. The van der Waals surface area contributed by atoms with Gasteiger partial charge in [-0.3, -0.25) is 4.79 Å². The molecule has 0 bridgehead atoms. The second kappa shape index (κ2) is 6.54. The van der Waals surface area contributed by atoms with Crippen LogP contribution in [0.2, 0.25) is 5.15 Å². The molecule has 0 radical (unpaired) electrons. The Morgan fingerprint density at radius 3 is 2.57 bits per heavy atom. The lowest BCUT2D eigenvalue weighted by atomic mass is 10.1. The number of rotatable bonds is 4. The van der Waals surface area contributed by atoms with Crippen LogP contribution in [-0.2, 0) is 0 Å². The van der Waals surface area contributed by atoms with E-state index in [1.54, 1.807) is 31.2 Å². The molecule has 5 nitrogen and oxygen atoms in total. The van der Waals surface area contributed by atoms with E-state index in [0.29, 0.717) is 0 Å². The van der Waals surface area contributed by atoms with E-state index in [2.05, 4.69) is 10.2 Å². The Balaban J connectivity index is 2.24. The van der Waals surface area contributed by atoms with Gasteiger partial charge in [-0.1, -0.05) is 29.8 Å². The van der Waals surface area contributed by atoms with Crippen molar-refractivity contribution in [1.29, 1.82) is 0 Å². The highest BCUT2D eigenvalue weighted by Crippen LogP contribution is 2.28. The molecule has 0 aliphatic carbocycles. The minimum atomic E-state index is -0.224. The molecule has 2 rings (SSSR count). The second-order valence-electron chi connectivity index (χ2n) is 4.58. The van der Waals surface area contributed by atoms with Gasteiger partial charge >= 0.3 is 0 Å². The molecule has 0 aliphatic heterocycles. The number of aromatic nitrogens is 2. The van der Waals surface area contributed by atoms with Gasteiger partial charge in [0, 0.05) is 12.6 Å². The summed E-state index contributed by atoms with van der Waals surface area (Å²) in [6, 6.07) is 10.5. The lowest BCUT2D eigenvalue weighted by Crippen LogP contribution is -2.30. The zero-order chi connectivity index (χ0) is 15.4. The van der Waals surface area contributed by atoms with Gasteiger partial charge in [-0.15, -0.1) is 10.2 Å². The Morgan fingerprint density at radius 2 is 1.95 bits per heavy atom. The van der Waals surface area contributed by atoms with E-state index in [0.717, 1.165) is 11.3 Å². The van der Waals surface area contributed by atoms with E-state index in [1.165, 1.54) is 0 Å². The highest BCUT2D eigenvalue weighted by atomic mass is 35.5. The van der Waals surface area contributed by atoms with Crippen molar-refractivity contribution in [3.63, 3.8) is 0 Å². The monoisotopic (exact) mass is 305 g/mol. The molecule has 1 amide bonds. The molecule has 1 atom stereocenters. The van der Waals surface area contributed by atoms with E-state index in [9.17, 15) is 4.79 Å². The predicted octanol–water partition coefficient (Wildman–Crippen LogP) is 2.97. The van der Waals surface area contributed by atoms with Gasteiger partial charge in [-0.2, -0.15) is 0 Å². The van der Waals surface area contributed by atoms with Gasteiger partial charge in [0.15, 0.2) is 10.8 Å². The van der Waals surface area contributed by atoms with Crippen molar-refractivity contribution in [2.75, 3.05) is 14.2 Å². The van der Waals surface area contributed by atoms with Gasteiger partial charge in [0.1, 0.15) is 5.75 Å². The van der Waals surface area contributed by atoms with Crippen molar-refractivity contribution in [2.45, 2.75) is 13.0 Å². The Kier molecular flexibility index (Phi) is 4.75. The number of hydrogen-bond donors (Lipinski definition) is 0. The molecule has 110 valence electrons. The van der Waals surface area contributed by atoms with Crippen LogP contribution in [0, 0.1) is 0 Å². The lowest BCUT2D eigenvalue weighted by Gasteiger charge is -2.26. The van der Waals surface area contributed by atoms with Crippen LogP contribution in [0.4, 0.5) is 0 Å². The zero-order valence-corrected chi connectivity index (χ0v) is 12.8. The van der Waals surface area contributed by atoms with Crippen LogP contribution in [0.1, 0.15) is 29.0 Å². The fourth-order valence-corrected chi connectivity index (χ4v) is 2.11. The molecule has 1 aromatic heterocycles. The van der Waals surface area contributed by atoms with E-state index in [4.69, 9.17) is 16.3 Å². The molecule has 0 fully saturated rings. The minimum absolute atomic E-state index is 0.161. The molecule has 0 saturated carbocycles. The third-order valence-corrected chi connectivity index (χ3v) is 3.54. The number of ether oxygens (including phenoxy) is 1. The molecular formula is C15H16ClN3O2. The first-order valence-electron chi connectivity index (χ1n) is 6.44. The number of hydrogen-bond acceptors (Lipinski definition) is 4. The van der Waals surface area contributed by atoms with Crippen molar-refractivity contribution < 1.29 is 9.53 Å². The first-order valence-corrected chi connectivity index (χ1v) is 6.81. The molecule has 21 heavy (non-hydrogen) atoms. The van der Waals surface area contributed by atoms with Crippen molar-refractivity contribution in [1.82, 2.24) is 15.1 Å². The van der Waals surface area contributed by atoms with Gasteiger partial charge in [-0.05, 0) is 25.1 Å². The van der Waals surface area contributed by atoms with Crippen LogP contribution in [0.3, 0.4) is 0 Å². The molecule has 0 N–H and O–H groups in total. The summed E-state index contributed by atoms with van der Waals surface area (Å²) < 4.78 is 5.33. The first kappa shape index (κ1) is 15.3. The van der Waals surface area contributed by atoms with Crippen LogP contribution in [0.25, 0.3) is 0 Å². The van der Waals surface area contributed by atoms with E-state index >= 15 is 0 Å². The topological polar surface area (TPSA) is 55.3 Å². The van der Waals surface area contributed by atoms with Crippen LogP contribution >= 0.6 is 11.6 Å². The summed E-state index contributed by atoms with van der Waals surface area (Å²) in [6.07, 6.45) is 0. The molecule has 6 heteroatoms. The summed E-state index contributed by atoms with van der Waals surface area (Å²) in [6.45, 7) is 1.93. The minimum Gasteiger partial charge on any atom is -0.496 e. The van der Waals surface area contributed by atoms with Crippen molar-refractivity contribution in [3.05, 3.63) is 52.8 Å². The van der Waals surface area contributed by atoms with Crippen LogP contribution in [-0.4, -0.2) is 35.2 Å². The molecule has 1 heterocycles. The Morgan fingerprint density at radius 1 is 1.24 bits per heavy atom. The Hall–Kier alpha value is -2.14. The number of methoxy groups -OCH3 is 1. The number of amides is 1. The smallest absolute Gasteiger partial charge is 0.274 e. The summed E-state index contributed by atoms with van der Waals surface area (Å²) in [4.78, 5) is 14.0. The quantitative estimate of drug-likeness (QED) is 0.871. The normalized spacial score (nSPS) is 11.8. The number of benzene rings is 1. The maximum absolute atomic E-state index is 12.4. The molecule has 2 aromatic rings. The van der Waals surface area contributed by atoms with Gasteiger partial charge in [0.25, 0.3) is 5.91 Å². The zero-order valence-electron chi connectivity index (χ0n) is 12.1. The first-order chi connectivity index (χ1) is 10.0. The number of carbonyl (C=O) groups is 1. The molecule has 0 spiro atoms. The highest BCUT2D eigenvalue weighted by molar-refractivity contribution is 6.29. The fourth-order valence-electron chi connectivity index (χ4n) is 2.01. The highest BCUT2D eigenvalue weighted by Gasteiger charge is 2.22. The summed E-state index contributed by atoms with van der Waals surface area (Å²) in [5.74, 6) is 0.518. The maximum Gasteiger partial charge on any atom is 0.274 e. The number of halogens is 1.